The Morgan fingerprint density at radius 1 is 1.05 bits per heavy atom. The predicted molar refractivity (Wildman–Crippen MR) is 133 cm³/mol. The van der Waals surface area contributed by atoms with Crippen LogP contribution in [-0.4, -0.2) is 21.3 Å². The maximum Gasteiger partial charge on any atom is 0.328 e. The van der Waals surface area contributed by atoms with Crippen molar-refractivity contribution in [3.63, 3.8) is 0 Å². The molecule has 8 heteroatoms. The molecule has 4 aromatic rings. The standard InChI is InChI=1S/C29H20F3N3O2/c30-19-9-10-21(23(31)14-19)27(17-2-1-3-17)26(18-7-4-16(5-8-18)6-13-25(36)37)20-11-12-24-28(22(20)15-33)29(32)35-34-24/h4-14,17H,1-3H2,(H,34,35)(H,36,37)/b13-6+,27-26+. The quantitative estimate of drug-likeness (QED) is 0.228. The van der Waals surface area contributed by atoms with E-state index in [9.17, 15) is 18.8 Å². The number of nitrogens with zero attached hydrogens (tertiary/aromatic N) is 2. The summed E-state index contributed by atoms with van der Waals surface area (Å²) in [7, 11) is 0. The fourth-order valence-corrected chi connectivity index (χ4v) is 4.74. The number of allylic oxidation sites excluding steroid dienone is 1. The van der Waals surface area contributed by atoms with Crippen molar-refractivity contribution in [2.24, 2.45) is 5.92 Å². The van der Waals surface area contributed by atoms with Gasteiger partial charge in [-0.05, 0) is 65.3 Å². The number of carbonyl (C=O) groups is 1. The van der Waals surface area contributed by atoms with Crippen molar-refractivity contribution in [3.8, 4) is 6.07 Å². The van der Waals surface area contributed by atoms with Crippen LogP contribution in [0.4, 0.5) is 13.2 Å². The van der Waals surface area contributed by atoms with Crippen LogP contribution in [0.25, 0.3) is 28.1 Å². The number of aliphatic carboxylic acids is 1. The number of carboxylic acid groups (broad SMARTS) is 1. The number of hydrogen-bond donors (Lipinski definition) is 2. The van der Waals surface area contributed by atoms with Gasteiger partial charge >= 0.3 is 5.97 Å². The van der Waals surface area contributed by atoms with Crippen LogP contribution < -0.4 is 0 Å². The van der Waals surface area contributed by atoms with E-state index in [0.29, 0.717) is 27.8 Å². The highest BCUT2D eigenvalue weighted by Gasteiger charge is 2.30. The van der Waals surface area contributed by atoms with E-state index in [0.717, 1.165) is 31.4 Å². The molecule has 1 fully saturated rings. The number of halogens is 3. The van der Waals surface area contributed by atoms with Gasteiger partial charge in [0, 0.05) is 23.3 Å². The van der Waals surface area contributed by atoms with Gasteiger partial charge in [-0.15, -0.1) is 0 Å². The lowest BCUT2D eigenvalue weighted by Crippen LogP contribution is -2.16. The van der Waals surface area contributed by atoms with Crippen molar-refractivity contribution >= 4 is 34.1 Å². The van der Waals surface area contributed by atoms with Crippen LogP contribution in [0.1, 0.15) is 47.1 Å². The molecule has 1 aliphatic rings. The second kappa shape index (κ2) is 9.78. The van der Waals surface area contributed by atoms with E-state index < -0.39 is 23.6 Å². The average molecular weight is 499 g/mol. The third-order valence-electron chi connectivity index (χ3n) is 6.68. The van der Waals surface area contributed by atoms with Crippen molar-refractivity contribution in [1.29, 1.82) is 5.26 Å². The number of hydrogen-bond acceptors (Lipinski definition) is 3. The Bertz CT molecular complexity index is 1620. The number of benzene rings is 3. The summed E-state index contributed by atoms with van der Waals surface area (Å²) >= 11 is 0. The van der Waals surface area contributed by atoms with Crippen molar-refractivity contribution in [2.45, 2.75) is 19.3 Å². The molecule has 0 radical (unpaired) electrons. The topological polar surface area (TPSA) is 89.8 Å². The van der Waals surface area contributed by atoms with E-state index in [1.165, 1.54) is 18.2 Å². The van der Waals surface area contributed by atoms with Gasteiger partial charge in [-0.2, -0.15) is 14.8 Å². The molecule has 184 valence electrons. The van der Waals surface area contributed by atoms with E-state index in [4.69, 9.17) is 5.11 Å². The predicted octanol–water partition coefficient (Wildman–Crippen LogP) is 6.71. The van der Waals surface area contributed by atoms with Gasteiger partial charge in [0.05, 0.1) is 16.5 Å². The Kier molecular flexibility index (Phi) is 6.36. The number of nitrogens with one attached hydrogen (secondary N) is 1. The summed E-state index contributed by atoms with van der Waals surface area (Å²) < 4.78 is 43.7. The van der Waals surface area contributed by atoms with Crippen LogP contribution in [0.3, 0.4) is 0 Å². The molecule has 0 saturated heterocycles. The number of carboxylic acids is 1. The van der Waals surface area contributed by atoms with E-state index >= 15 is 4.39 Å². The number of rotatable bonds is 6. The third-order valence-corrected chi connectivity index (χ3v) is 6.68. The average Bonchev–Trinajstić information content (AvgIpc) is 3.23. The van der Waals surface area contributed by atoms with Crippen LogP contribution in [0, 0.1) is 34.8 Å². The molecule has 0 bridgehead atoms. The van der Waals surface area contributed by atoms with Gasteiger partial charge in [0.25, 0.3) is 0 Å². The summed E-state index contributed by atoms with van der Waals surface area (Å²) in [6.45, 7) is 0. The van der Waals surface area contributed by atoms with Crippen LogP contribution >= 0.6 is 0 Å². The van der Waals surface area contributed by atoms with Crippen molar-refractivity contribution in [3.05, 3.63) is 106 Å². The van der Waals surface area contributed by atoms with Crippen LogP contribution in [0.2, 0.25) is 0 Å². The smallest absolute Gasteiger partial charge is 0.328 e. The Balaban J connectivity index is 1.84. The summed E-state index contributed by atoms with van der Waals surface area (Å²) in [5.74, 6) is -3.32. The summed E-state index contributed by atoms with van der Waals surface area (Å²) in [4.78, 5) is 10.9. The molecule has 37 heavy (non-hydrogen) atoms. The van der Waals surface area contributed by atoms with Crippen molar-refractivity contribution in [2.75, 3.05) is 0 Å². The minimum atomic E-state index is -1.09. The molecular formula is C29H20F3N3O2. The molecule has 5 rings (SSSR count). The first kappa shape index (κ1) is 24.1. The Morgan fingerprint density at radius 3 is 2.41 bits per heavy atom. The second-order valence-electron chi connectivity index (χ2n) is 8.87. The van der Waals surface area contributed by atoms with Gasteiger partial charge in [0.15, 0.2) is 0 Å². The van der Waals surface area contributed by atoms with Gasteiger partial charge in [-0.3, -0.25) is 5.10 Å². The molecule has 1 heterocycles. The zero-order chi connectivity index (χ0) is 26.1. The highest BCUT2D eigenvalue weighted by Crippen LogP contribution is 2.47. The molecule has 1 aliphatic carbocycles. The molecule has 2 N–H and O–H groups in total. The van der Waals surface area contributed by atoms with Crippen molar-refractivity contribution in [1.82, 2.24) is 10.2 Å². The minimum Gasteiger partial charge on any atom is -0.478 e. The lowest BCUT2D eigenvalue weighted by Gasteiger charge is -2.32. The first-order valence-corrected chi connectivity index (χ1v) is 11.7. The van der Waals surface area contributed by atoms with E-state index in [1.54, 1.807) is 36.4 Å². The fourth-order valence-electron chi connectivity index (χ4n) is 4.74. The van der Waals surface area contributed by atoms with Crippen LogP contribution in [0.15, 0.2) is 60.7 Å². The highest BCUT2D eigenvalue weighted by atomic mass is 19.1. The molecule has 1 aromatic heterocycles. The summed E-state index contributed by atoms with van der Waals surface area (Å²) in [5.41, 5.74) is 3.33. The lowest BCUT2D eigenvalue weighted by molar-refractivity contribution is -0.131. The maximum atomic E-state index is 15.2. The number of nitriles is 1. The Hall–Kier alpha value is -4.64. The van der Waals surface area contributed by atoms with Gasteiger partial charge in [-0.25, -0.2) is 13.6 Å². The molecule has 0 spiro atoms. The minimum absolute atomic E-state index is 0.0334. The highest BCUT2D eigenvalue weighted by molar-refractivity contribution is 6.04. The van der Waals surface area contributed by atoms with E-state index in [2.05, 4.69) is 16.3 Å². The second-order valence-corrected chi connectivity index (χ2v) is 8.87. The summed E-state index contributed by atoms with van der Waals surface area (Å²) in [6.07, 6.45) is 4.95. The molecule has 3 aromatic carbocycles. The molecule has 5 nitrogen and oxygen atoms in total. The van der Waals surface area contributed by atoms with Crippen molar-refractivity contribution < 1.29 is 23.1 Å². The van der Waals surface area contributed by atoms with Crippen LogP contribution in [0.5, 0.6) is 0 Å². The SMILES string of the molecule is N#Cc1c(/C(=C(/c2ccc(F)cc2F)C2CCC2)c2ccc(/C=C/C(=O)O)cc2)ccc2n[nH]c(F)c12. The summed E-state index contributed by atoms with van der Waals surface area (Å²) in [6, 6.07) is 15.7. The van der Waals surface area contributed by atoms with Gasteiger partial charge in [-0.1, -0.05) is 36.8 Å². The first-order chi connectivity index (χ1) is 17.9. The molecule has 1 saturated carbocycles. The molecule has 0 unspecified atom stereocenters. The number of aromatic nitrogens is 2. The Labute approximate surface area is 210 Å². The lowest BCUT2D eigenvalue weighted by atomic mass is 9.72. The Morgan fingerprint density at radius 2 is 1.78 bits per heavy atom. The molecule has 0 atom stereocenters. The maximum absolute atomic E-state index is 15.2. The normalized spacial score (nSPS) is 14.4. The largest absolute Gasteiger partial charge is 0.478 e. The van der Waals surface area contributed by atoms with Gasteiger partial charge in [0.1, 0.15) is 17.7 Å². The van der Waals surface area contributed by atoms with E-state index in [1.807, 2.05) is 0 Å². The fraction of sp³-hybridized carbons (Fsp3) is 0.138. The number of H-pyrrole nitrogens is 1. The van der Waals surface area contributed by atoms with Gasteiger partial charge in [0.2, 0.25) is 5.95 Å². The first-order valence-electron chi connectivity index (χ1n) is 11.7. The molecular weight excluding hydrogens is 479 g/mol. The van der Waals surface area contributed by atoms with E-state index in [-0.39, 0.29) is 27.9 Å². The monoisotopic (exact) mass is 499 g/mol. The zero-order valence-electron chi connectivity index (χ0n) is 19.4. The zero-order valence-corrected chi connectivity index (χ0v) is 19.4. The number of fused-ring (bicyclic) bond motifs is 1. The number of aromatic amines is 1. The molecule has 0 amide bonds. The molecule has 0 aliphatic heterocycles. The van der Waals surface area contributed by atoms with Gasteiger partial charge < -0.3 is 5.11 Å². The summed E-state index contributed by atoms with van der Waals surface area (Å²) in [5, 5.41) is 25.2. The third kappa shape index (κ3) is 4.52. The van der Waals surface area contributed by atoms with Crippen LogP contribution in [-0.2, 0) is 4.79 Å².